The van der Waals surface area contributed by atoms with Crippen molar-refractivity contribution in [3.8, 4) is 5.75 Å². The summed E-state index contributed by atoms with van der Waals surface area (Å²) in [5.41, 5.74) is 1.21. The van der Waals surface area contributed by atoms with Crippen LogP contribution in [0.4, 0.5) is 0 Å². The van der Waals surface area contributed by atoms with Crippen molar-refractivity contribution in [2.45, 2.75) is 26.0 Å². The van der Waals surface area contributed by atoms with E-state index in [0.717, 1.165) is 51.6 Å². The van der Waals surface area contributed by atoms with Crippen LogP contribution in [0.2, 0.25) is 0 Å². The quantitative estimate of drug-likeness (QED) is 0.826. The fourth-order valence-electron chi connectivity index (χ4n) is 2.50. The van der Waals surface area contributed by atoms with Crippen LogP contribution in [0.5, 0.6) is 5.75 Å². The Hall–Kier alpha value is -1.10. The van der Waals surface area contributed by atoms with E-state index in [0.29, 0.717) is 6.10 Å². The van der Waals surface area contributed by atoms with Gasteiger partial charge in [0.2, 0.25) is 0 Å². The van der Waals surface area contributed by atoms with Crippen LogP contribution in [0.25, 0.3) is 0 Å². The number of hydrogen-bond donors (Lipinski definition) is 1. The van der Waals surface area contributed by atoms with E-state index in [1.165, 1.54) is 5.56 Å². The summed E-state index contributed by atoms with van der Waals surface area (Å²) >= 11 is 0. The molecule has 0 amide bonds. The normalized spacial score (nSPS) is 20.0. The summed E-state index contributed by atoms with van der Waals surface area (Å²) in [6.45, 7) is 7.60. The van der Waals surface area contributed by atoms with Crippen LogP contribution in [0, 0.1) is 0 Å². The third-order valence-corrected chi connectivity index (χ3v) is 3.68. The lowest BCUT2D eigenvalue weighted by Gasteiger charge is -2.32. The van der Waals surface area contributed by atoms with Gasteiger partial charge in [-0.15, -0.1) is 0 Å². The molecule has 0 radical (unpaired) electrons. The van der Waals surface area contributed by atoms with Crippen molar-refractivity contribution in [1.29, 1.82) is 0 Å². The Kier molecular flexibility index (Phi) is 6.30. The number of morpholine rings is 1. The highest BCUT2D eigenvalue weighted by Crippen LogP contribution is 2.17. The topological polar surface area (TPSA) is 33.7 Å². The Morgan fingerprint density at radius 1 is 1.40 bits per heavy atom. The largest absolute Gasteiger partial charge is 0.492 e. The van der Waals surface area contributed by atoms with Gasteiger partial charge in [0.05, 0.1) is 12.7 Å². The molecule has 0 saturated carbocycles. The van der Waals surface area contributed by atoms with Crippen LogP contribution >= 0.6 is 0 Å². The third kappa shape index (κ3) is 4.47. The molecule has 1 N–H and O–H groups in total. The first-order valence-corrected chi connectivity index (χ1v) is 7.52. The molecule has 1 unspecified atom stereocenters. The number of benzene rings is 1. The second kappa shape index (κ2) is 8.25. The summed E-state index contributed by atoms with van der Waals surface area (Å²) in [7, 11) is 1.95. The molecule has 1 heterocycles. The number of ether oxygens (including phenoxy) is 2. The summed E-state index contributed by atoms with van der Waals surface area (Å²) in [4.78, 5) is 2.43. The predicted octanol–water partition coefficient (Wildman–Crippen LogP) is 1.90. The van der Waals surface area contributed by atoms with Gasteiger partial charge in [-0.1, -0.05) is 25.1 Å². The summed E-state index contributed by atoms with van der Waals surface area (Å²) in [6.07, 6.45) is 1.47. The SMILES string of the molecule is CCC1CN(CCOc2ccccc2CNC)CCO1. The molecule has 0 aliphatic carbocycles. The lowest BCUT2D eigenvalue weighted by molar-refractivity contribution is -0.0324. The van der Waals surface area contributed by atoms with Crippen LogP contribution in [-0.4, -0.2) is 50.9 Å². The van der Waals surface area contributed by atoms with Crippen LogP contribution < -0.4 is 10.1 Å². The number of hydrogen-bond acceptors (Lipinski definition) is 4. The van der Waals surface area contributed by atoms with E-state index in [9.17, 15) is 0 Å². The smallest absolute Gasteiger partial charge is 0.123 e. The van der Waals surface area contributed by atoms with Gasteiger partial charge >= 0.3 is 0 Å². The minimum atomic E-state index is 0.389. The molecule has 1 aliphatic rings. The fourth-order valence-corrected chi connectivity index (χ4v) is 2.50. The first-order chi connectivity index (χ1) is 9.83. The van der Waals surface area contributed by atoms with E-state index in [4.69, 9.17) is 9.47 Å². The van der Waals surface area contributed by atoms with Gasteiger partial charge in [0.15, 0.2) is 0 Å². The van der Waals surface area contributed by atoms with Crippen molar-refractivity contribution < 1.29 is 9.47 Å². The number of nitrogens with zero attached hydrogens (tertiary/aromatic N) is 1. The Morgan fingerprint density at radius 2 is 2.25 bits per heavy atom. The van der Waals surface area contributed by atoms with Crippen LogP contribution in [0.1, 0.15) is 18.9 Å². The number of nitrogens with one attached hydrogen (secondary N) is 1. The standard InChI is InChI=1S/C16H26N2O2/c1-3-15-13-18(8-10-19-15)9-11-20-16-7-5-4-6-14(16)12-17-2/h4-7,15,17H,3,8-13H2,1-2H3. The number of rotatable bonds is 7. The highest BCUT2D eigenvalue weighted by molar-refractivity contribution is 5.33. The molecule has 0 aromatic heterocycles. The number of para-hydroxylation sites is 1. The molecule has 20 heavy (non-hydrogen) atoms. The summed E-state index contributed by atoms with van der Waals surface area (Å²) in [5.74, 6) is 0.988. The van der Waals surface area contributed by atoms with Crippen molar-refractivity contribution in [1.82, 2.24) is 10.2 Å². The molecule has 1 saturated heterocycles. The van der Waals surface area contributed by atoms with Gasteiger partial charge in [0.25, 0.3) is 0 Å². The van der Waals surface area contributed by atoms with E-state index >= 15 is 0 Å². The van der Waals surface area contributed by atoms with E-state index in [1.54, 1.807) is 0 Å². The molecule has 1 aliphatic heterocycles. The summed E-state index contributed by atoms with van der Waals surface area (Å²) < 4.78 is 11.6. The monoisotopic (exact) mass is 278 g/mol. The van der Waals surface area contributed by atoms with E-state index in [2.05, 4.69) is 23.2 Å². The molecule has 2 rings (SSSR count). The highest BCUT2D eigenvalue weighted by atomic mass is 16.5. The van der Waals surface area contributed by atoms with Crippen molar-refractivity contribution in [2.24, 2.45) is 0 Å². The fraction of sp³-hybridized carbons (Fsp3) is 0.625. The summed E-state index contributed by atoms with van der Waals surface area (Å²) in [5, 5.41) is 3.17. The molecule has 4 heteroatoms. The molecule has 1 fully saturated rings. The molecular formula is C16H26N2O2. The Morgan fingerprint density at radius 3 is 3.05 bits per heavy atom. The first kappa shape index (κ1) is 15.3. The van der Waals surface area contributed by atoms with Gasteiger partial charge in [-0.3, -0.25) is 4.90 Å². The highest BCUT2D eigenvalue weighted by Gasteiger charge is 2.18. The Labute approximate surface area is 122 Å². The van der Waals surface area contributed by atoms with Gasteiger partial charge in [-0.2, -0.15) is 0 Å². The van der Waals surface area contributed by atoms with Gasteiger partial charge in [-0.05, 0) is 19.5 Å². The zero-order valence-electron chi connectivity index (χ0n) is 12.6. The molecule has 1 aromatic carbocycles. The lowest BCUT2D eigenvalue weighted by Crippen LogP contribution is -2.43. The van der Waals surface area contributed by atoms with Gasteiger partial charge < -0.3 is 14.8 Å². The van der Waals surface area contributed by atoms with Gasteiger partial charge in [0.1, 0.15) is 12.4 Å². The molecule has 4 nitrogen and oxygen atoms in total. The maximum atomic E-state index is 5.94. The zero-order valence-corrected chi connectivity index (χ0v) is 12.6. The van der Waals surface area contributed by atoms with E-state index in [-0.39, 0.29) is 0 Å². The average Bonchev–Trinajstić information content (AvgIpc) is 2.49. The predicted molar refractivity (Wildman–Crippen MR) is 81.2 cm³/mol. The lowest BCUT2D eigenvalue weighted by atomic mass is 10.2. The maximum absolute atomic E-state index is 5.94. The second-order valence-electron chi connectivity index (χ2n) is 5.19. The molecule has 112 valence electrons. The van der Waals surface area contributed by atoms with Crippen molar-refractivity contribution >= 4 is 0 Å². The minimum Gasteiger partial charge on any atom is -0.492 e. The van der Waals surface area contributed by atoms with E-state index in [1.807, 2.05) is 25.2 Å². The van der Waals surface area contributed by atoms with Crippen LogP contribution in [-0.2, 0) is 11.3 Å². The van der Waals surface area contributed by atoms with E-state index < -0.39 is 0 Å². The summed E-state index contributed by atoms with van der Waals surface area (Å²) in [6, 6.07) is 8.22. The molecule has 1 atom stereocenters. The molecule has 0 bridgehead atoms. The molecular weight excluding hydrogens is 252 g/mol. The molecule has 1 aromatic rings. The Bertz CT molecular complexity index is 398. The van der Waals surface area contributed by atoms with Crippen molar-refractivity contribution in [2.75, 3.05) is 39.9 Å². The maximum Gasteiger partial charge on any atom is 0.123 e. The van der Waals surface area contributed by atoms with Crippen molar-refractivity contribution in [3.05, 3.63) is 29.8 Å². The van der Waals surface area contributed by atoms with Gasteiger partial charge in [0, 0.05) is 31.7 Å². The first-order valence-electron chi connectivity index (χ1n) is 7.52. The Balaban J connectivity index is 1.78. The van der Waals surface area contributed by atoms with Crippen molar-refractivity contribution in [3.63, 3.8) is 0 Å². The second-order valence-corrected chi connectivity index (χ2v) is 5.19. The third-order valence-electron chi connectivity index (χ3n) is 3.68. The minimum absolute atomic E-state index is 0.389. The molecule has 0 spiro atoms. The average molecular weight is 278 g/mol. The van der Waals surface area contributed by atoms with Gasteiger partial charge in [-0.25, -0.2) is 0 Å². The van der Waals surface area contributed by atoms with Crippen LogP contribution in [0.15, 0.2) is 24.3 Å². The van der Waals surface area contributed by atoms with Crippen LogP contribution in [0.3, 0.4) is 0 Å². The zero-order chi connectivity index (χ0) is 14.2.